The standard InChI is InChI=1S/C10H8BrN3/c1-7-9(11)2-3-10-13-8(4-5-12)6-14(7)10/h2-3,6H,4H2,1H3. The average Bonchev–Trinajstić information content (AvgIpc) is 2.56. The molecule has 0 aliphatic rings. The third-order valence-electron chi connectivity index (χ3n) is 2.13. The minimum atomic E-state index is 0.360. The van der Waals surface area contributed by atoms with E-state index in [1.165, 1.54) is 0 Å². The Morgan fingerprint density at radius 1 is 1.57 bits per heavy atom. The van der Waals surface area contributed by atoms with Gasteiger partial charge in [0.25, 0.3) is 0 Å². The molecule has 3 nitrogen and oxygen atoms in total. The van der Waals surface area contributed by atoms with E-state index in [-0.39, 0.29) is 0 Å². The van der Waals surface area contributed by atoms with Gasteiger partial charge in [-0.05, 0) is 35.0 Å². The molecule has 2 aromatic rings. The summed E-state index contributed by atoms with van der Waals surface area (Å²) in [5, 5.41) is 8.56. The van der Waals surface area contributed by atoms with Crippen LogP contribution in [-0.2, 0) is 6.42 Å². The maximum atomic E-state index is 8.56. The normalized spacial score (nSPS) is 10.4. The lowest BCUT2D eigenvalue weighted by Gasteiger charge is -2.00. The monoisotopic (exact) mass is 249 g/mol. The number of aryl methyl sites for hydroxylation is 1. The van der Waals surface area contributed by atoms with Crippen LogP contribution in [-0.4, -0.2) is 9.38 Å². The lowest BCUT2D eigenvalue weighted by atomic mass is 10.3. The van der Waals surface area contributed by atoms with Crippen molar-refractivity contribution in [1.29, 1.82) is 5.26 Å². The Bertz CT molecular complexity index is 522. The van der Waals surface area contributed by atoms with E-state index in [2.05, 4.69) is 27.0 Å². The predicted molar refractivity (Wildman–Crippen MR) is 56.9 cm³/mol. The third kappa shape index (κ3) is 1.40. The molecule has 0 aliphatic heterocycles. The van der Waals surface area contributed by atoms with Crippen LogP contribution in [0.25, 0.3) is 5.65 Å². The van der Waals surface area contributed by atoms with E-state index in [1.807, 2.05) is 29.7 Å². The highest BCUT2D eigenvalue weighted by Crippen LogP contribution is 2.18. The average molecular weight is 250 g/mol. The number of imidazole rings is 1. The second kappa shape index (κ2) is 3.43. The molecule has 70 valence electrons. The Morgan fingerprint density at radius 2 is 2.36 bits per heavy atom. The first-order chi connectivity index (χ1) is 6.72. The van der Waals surface area contributed by atoms with Gasteiger partial charge in [-0.25, -0.2) is 4.98 Å². The van der Waals surface area contributed by atoms with Crippen LogP contribution in [0.15, 0.2) is 22.8 Å². The lowest BCUT2D eigenvalue weighted by molar-refractivity contribution is 1.07. The molecule has 0 radical (unpaired) electrons. The van der Waals surface area contributed by atoms with Gasteiger partial charge in [0.2, 0.25) is 0 Å². The van der Waals surface area contributed by atoms with E-state index in [0.29, 0.717) is 6.42 Å². The second-order valence-electron chi connectivity index (χ2n) is 3.06. The van der Waals surface area contributed by atoms with Crippen LogP contribution in [0.5, 0.6) is 0 Å². The fourth-order valence-corrected chi connectivity index (χ4v) is 1.70. The summed E-state index contributed by atoms with van der Waals surface area (Å²) < 4.78 is 3.03. The summed E-state index contributed by atoms with van der Waals surface area (Å²) in [6.45, 7) is 2.01. The molecule has 0 spiro atoms. The molecule has 0 aliphatic carbocycles. The van der Waals surface area contributed by atoms with Crippen LogP contribution in [0.4, 0.5) is 0 Å². The molecule has 0 unspecified atom stereocenters. The van der Waals surface area contributed by atoms with Gasteiger partial charge >= 0.3 is 0 Å². The fraction of sp³-hybridized carbons (Fsp3) is 0.200. The zero-order valence-electron chi connectivity index (χ0n) is 7.66. The van der Waals surface area contributed by atoms with Crippen molar-refractivity contribution in [2.45, 2.75) is 13.3 Å². The number of halogens is 1. The van der Waals surface area contributed by atoms with E-state index in [4.69, 9.17) is 5.26 Å². The molecule has 0 atom stereocenters. The summed E-state index contributed by atoms with van der Waals surface area (Å²) in [5.41, 5.74) is 2.80. The van der Waals surface area contributed by atoms with E-state index in [0.717, 1.165) is 21.5 Å². The Morgan fingerprint density at radius 3 is 3.07 bits per heavy atom. The number of aromatic nitrogens is 2. The number of pyridine rings is 1. The van der Waals surface area contributed by atoms with Gasteiger partial charge in [-0.3, -0.25) is 0 Å². The SMILES string of the molecule is Cc1c(Br)ccc2nc(CC#N)cn12. The van der Waals surface area contributed by atoms with E-state index >= 15 is 0 Å². The Labute approximate surface area is 90.1 Å². The highest BCUT2D eigenvalue weighted by Gasteiger charge is 2.04. The van der Waals surface area contributed by atoms with Crippen molar-refractivity contribution in [3.05, 3.63) is 34.2 Å². The molecular weight excluding hydrogens is 242 g/mol. The van der Waals surface area contributed by atoms with Crippen molar-refractivity contribution in [3.63, 3.8) is 0 Å². The summed E-state index contributed by atoms with van der Waals surface area (Å²) in [7, 11) is 0. The van der Waals surface area contributed by atoms with Crippen molar-refractivity contribution in [3.8, 4) is 6.07 Å². The molecule has 0 saturated heterocycles. The summed E-state index contributed by atoms with van der Waals surface area (Å²) in [4.78, 5) is 4.32. The first-order valence-corrected chi connectivity index (χ1v) is 5.01. The van der Waals surface area contributed by atoms with Gasteiger partial charge in [0.1, 0.15) is 5.65 Å². The van der Waals surface area contributed by atoms with Gasteiger partial charge in [0.15, 0.2) is 0 Å². The van der Waals surface area contributed by atoms with Crippen LogP contribution in [0.2, 0.25) is 0 Å². The molecule has 0 bridgehead atoms. The number of nitriles is 1. The lowest BCUT2D eigenvalue weighted by Crippen LogP contribution is -1.89. The fourth-order valence-electron chi connectivity index (χ4n) is 1.38. The minimum Gasteiger partial charge on any atom is -0.303 e. The van der Waals surface area contributed by atoms with E-state index in [9.17, 15) is 0 Å². The zero-order chi connectivity index (χ0) is 10.1. The first-order valence-electron chi connectivity index (χ1n) is 4.22. The van der Waals surface area contributed by atoms with Gasteiger partial charge < -0.3 is 4.40 Å². The molecule has 0 N–H and O–H groups in total. The number of hydrogen-bond acceptors (Lipinski definition) is 2. The van der Waals surface area contributed by atoms with Crippen molar-refractivity contribution in [2.75, 3.05) is 0 Å². The zero-order valence-corrected chi connectivity index (χ0v) is 9.24. The van der Waals surface area contributed by atoms with Crippen LogP contribution >= 0.6 is 15.9 Å². The van der Waals surface area contributed by atoms with Gasteiger partial charge in [-0.2, -0.15) is 5.26 Å². The summed E-state index contributed by atoms with van der Waals surface area (Å²) in [6, 6.07) is 5.99. The maximum Gasteiger partial charge on any atom is 0.137 e. The molecule has 2 rings (SSSR count). The topological polar surface area (TPSA) is 41.1 Å². The number of rotatable bonds is 1. The Kier molecular flexibility index (Phi) is 2.26. The molecule has 0 aromatic carbocycles. The van der Waals surface area contributed by atoms with Crippen molar-refractivity contribution in [1.82, 2.24) is 9.38 Å². The number of hydrogen-bond donors (Lipinski definition) is 0. The highest BCUT2D eigenvalue weighted by molar-refractivity contribution is 9.10. The van der Waals surface area contributed by atoms with Crippen LogP contribution in [0.3, 0.4) is 0 Å². The van der Waals surface area contributed by atoms with Crippen molar-refractivity contribution >= 4 is 21.6 Å². The Hall–Kier alpha value is -1.34. The molecule has 14 heavy (non-hydrogen) atoms. The predicted octanol–water partition coefficient (Wildman–Crippen LogP) is 2.47. The first kappa shape index (κ1) is 9.22. The maximum absolute atomic E-state index is 8.56. The van der Waals surface area contributed by atoms with Gasteiger partial charge in [0, 0.05) is 16.4 Å². The molecule has 0 saturated carbocycles. The number of nitrogens with zero attached hydrogens (tertiary/aromatic N) is 3. The molecule has 2 heterocycles. The summed E-state index contributed by atoms with van der Waals surface area (Å²) in [6.07, 6.45) is 2.26. The summed E-state index contributed by atoms with van der Waals surface area (Å²) in [5.74, 6) is 0. The highest BCUT2D eigenvalue weighted by atomic mass is 79.9. The largest absolute Gasteiger partial charge is 0.303 e. The second-order valence-corrected chi connectivity index (χ2v) is 3.92. The quantitative estimate of drug-likeness (QED) is 0.780. The number of fused-ring (bicyclic) bond motifs is 1. The van der Waals surface area contributed by atoms with Crippen molar-refractivity contribution < 1.29 is 0 Å². The third-order valence-corrected chi connectivity index (χ3v) is 2.97. The van der Waals surface area contributed by atoms with Crippen LogP contribution in [0, 0.1) is 18.3 Å². The van der Waals surface area contributed by atoms with E-state index in [1.54, 1.807) is 0 Å². The van der Waals surface area contributed by atoms with Gasteiger partial charge in [0.05, 0.1) is 18.2 Å². The molecule has 2 aromatic heterocycles. The van der Waals surface area contributed by atoms with E-state index < -0.39 is 0 Å². The Balaban J connectivity index is 2.66. The van der Waals surface area contributed by atoms with Gasteiger partial charge in [-0.1, -0.05) is 0 Å². The molecule has 4 heteroatoms. The minimum absolute atomic E-state index is 0.360. The molecular formula is C10H8BrN3. The van der Waals surface area contributed by atoms with Crippen LogP contribution in [0.1, 0.15) is 11.4 Å². The van der Waals surface area contributed by atoms with Crippen molar-refractivity contribution in [2.24, 2.45) is 0 Å². The smallest absolute Gasteiger partial charge is 0.137 e. The van der Waals surface area contributed by atoms with Gasteiger partial charge in [-0.15, -0.1) is 0 Å². The molecule has 0 fully saturated rings. The molecule has 0 amide bonds. The summed E-state index contributed by atoms with van der Waals surface area (Å²) >= 11 is 3.45. The van der Waals surface area contributed by atoms with Crippen LogP contribution < -0.4 is 0 Å².